The summed E-state index contributed by atoms with van der Waals surface area (Å²) in [7, 11) is 2.20. The number of carbonyl (C=O) groups is 2. The van der Waals surface area contributed by atoms with Crippen LogP contribution in [-0.2, 0) is 9.59 Å². The van der Waals surface area contributed by atoms with Gasteiger partial charge >= 0.3 is 0 Å². The molecule has 5 nitrogen and oxygen atoms in total. The highest BCUT2D eigenvalue weighted by molar-refractivity contribution is 5.81. The smallest absolute Gasteiger partial charge is 0.225 e. The van der Waals surface area contributed by atoms with Gasteiger partial charge < -0.3 is 14.7 Å². The molecule has 5 heteroatoms. The molecule has 0 radical (unpaired) electrons. The third-order valence-electron chi connectivity index (χ3n) is 6.70. The Morgan fingerprint density at radius 1 is 0.880 bits per heavy atom. The van der Waals surface area contributed by atoms with Crippen molar-refractivity contribution < 1.29 is 9.59 Å². The van der Waals surface area contributed by atoms with Crippen LogP contribution in [0.4, 0.5) is 0 Å². The van der Waals surface area contributed by atoms with Crippen molar-refractivity contribution in [1.82, 2.24) is 14.7 Å². The third-order valence-corrected chi connectivity index (χ3v) is 6.70. The SMILES string of the molecule is CC(=O)C1CCC(C(=O)N2CCC(CCN3CCN(C)CC3)C2)CC1. The fraction of sp³-hybridized carbons (Fsp3) is 0.900. The number of likely N-dealkylation sites (N-methyl/N-ethyl adjacent to an activating group) is 1. The van der Waals surface area contributed by atoms with E-state index >= 15 is 0 Å². The monoisotopic (exact) mass is 349 g/mol. The standard InChI is InChI=1S/C20H35N3O2/c1-16(24)18-3-5-19(6-4-18)20(25)23-10-8-17(15-23)7-9-22-13-11-21(2)12-14-22/h17-19H,3-15H2,1-2H3. The average Bonchev–Trinajstić information content (AvgIpc) is 3.10. The van der Waals surface area contributed by atoms with Crippen LogP contribution in [0.2, 0.25) is 0 Å². The number of hydrogen-bond donors (Lipinski definition) is 0. The van der Waals surface area contributed by atoms with Gasteiger partial charge in [-0.2, -0.15) is 0 Å². The van der Waals surface area contributed by atoms with E-state index in [9.17, 15) is 9.59 Å². The number of hydrogen-bond acceptors (Lipinski definition) is 4. The van der Waals surface area contributed by atoms with Crippen LogP contribution in [0, 0.1) is 17.8 Å². The minimum Gasteiger partial charge on any atom is -0.342 e. The van der Waals surface area contributed by atoms with Crippen molar-refractivity contribution in [2.24, 2.45) is 17.8 Å². The maximum absolute atomic E-state index is 12.8. The van der Waals surface area contributed by atoms with Gasteiger partial charge in [0.05, 0.1) is 0 Å². The molecule has 1 unspecified atom stereocenters. The summed E-state index contributed by atoms with van der Waals surface area (Å²) in [5, 5.41) is 0. The molecule has 25 heavy (non-hydrogen) atoms. The maximum Gasteiger partial charge on any atom is 0.225 e. The fourth-order valence-electron chi connectivity index (χ4n) is 4.71. The van der Waals surface area contributed by atoms with E-state index in [1.807, 2.05) is 0 Å². The van der Waals surface area contributed by atoms with E-state index in [2.05, 4.69) is 21.7 Å². The molecule has 0 bridgehead atoms. The van der Waals surface area contributed by atoms with Crippen LogP contribution in [0.3, 0.4) is 0 Å². The molecule has 2 heterocycles. The first kappa shape index (κ1) is 18.8. The molecular formula is C20H35N3O2. The molecule has 2 saturated heterocycles. The Kier molecular flexibility index (Phi) is 6.50. The number of rotatable bonds is 5. The summed E-state index contributed by atoms with van der Waals surface area (Å²) in [5.41, 5.74) is 0. The highest BCUT2D eigenvalue weighted by atomic mass is 16.2. The molecule has 0 aromatic carbocycles. The zero-order chi connectivity index (χ0) is 17.8. The minimum absolute atomic E-state index is 0.173. The number of likely N-dealkylation sites (tertiary alicyclic amines) is 1. The molecule has 142 valence electrons. The summed E-state index contributed by atoms with van der Waals surface area (Å²) in [5.74, 6) is 1.73. The van der Waals surface area contributed by atoms with Gasteiger partial charge in [0.1, 0.15) is 5.78 Å². The summed E-state index contributed by atoms with van der Waals surface area (Å²) in [6, 6.07) is 0. The lowest BCUT2D eigenvalue weighted by molar-refractivity contribution is -0.137. The van der Waals surface area contributed by atoms with Crippen LogP contribution in [0.5, 0.6) is 0 Å². The van der Waals surface area contributed by atoms with Crippen molar-refractivity contribution in [3.05, 3.63) is 0 Å². The summed E-state index contributed by atoms with van der Waals surface area (Å²) in [6.45, 7) is 9.51. The van der Waals surface area contributed by atoms with Crippen LogP contribution in [-0.4, -0.2) is 79.3 Å². The number of carbonyl (C=O) groups excluding carboxylic acids is 2. The maximum atomic E-state index is 12.8. The van der Waals surface area contributed by atoms with Gasteiger partial charge in [-0.15, -0.1) is 0 Å². The van der Waals surface area contributed by atoms with Gasteiger partial charge in [0.25, 0.3) is 0 Å². The number of ketones is 1. The highest BCUT2D eigenvalue weighted by Gasteiger charge is 2.34. The van der Waals surface area contributed by atoms with Crippen molar-refractivity contribution in [1.29, 1.82) is 0 Å². The third kappa shape index (κ3) is 5.04. The van der Waals surface area contributed by atoms with E-state index in [0.29, 0.717) is 17.6 Å². The van der Waals surface area contributed by atoms with E-state index < -0.39 is 0 Å². The normalized spacial score (nSPS) is 32.1. The fourth-order valence-corrected chi connectivity index (χ4v) is 4.71. The number of Topliss-reactive ketones (excluding diaryl/α,β-unsaturated/α-hetero) is 1. The lowest BCUT2D eigenvalue weighted by Gasteiger charge is -2.33. The topological polar surface area (TPSA) is 43.9 Å². The van der Waals surface area contributed by atoms with E-state index in [0.717, 1.165) is 38.8 Å². The lowest BCUT2D eigenvalue weighted by Crippen LogP contribution is -2.45. The lowest BCUT2D eigenvalue weighted by atomic mass is 9.80. The Morgan fingerprint density at radius 3 is 2.16 bits per heavy atom. The molecular weight excluding hydrogens is 314 g/mol. The van der Waals surface area contributed by atoms with E-state index in [-0.39, 0.29) is 11.8 Å². The second-order valence-corrected chi connectivity index (χ2v) is 8.53. The Hall–Kier alpha value is -0.940. The molecule has 0 N–H and O–H groups in total. The van der Waals surface area contributed by atoms with Gasteiger partial charge in [-0.05, 0) is 65.0 Å². The van der Waals surface area contributed by atoms with Crippen molar-refractivity contribution >= 4 is 11.7 Å². The predicted molar refractivity (Wildman–Crippen MR) is 99.4 cm³/mol. The molecule has 1 saturated carbocycles. The van der Waals surface area contributed by atoms with E-state index in [4.69, 9.17) is 0 Å². The molecule has 1 amide bonds. The second-order valence-electron chi connectivity index (χ2n) is 8.53. The average molecular weight is 350 g/mol. The van der Waals surface area contributed by atoms with Crippen molar-refractivity contribution in [3.8, 4) is 0 Å². The molecule has 0 spiro atoms. The highest BCUT2D eigenvalue weighted by Crippen LogP contribution is 2.32. The second kappa shape index (κ2) is 8.63. The largest absolute Gasteiger partial charge is 0.342 e. The summed E-state index contributed by atoms with van der Waals surface area (Å²) in [4.78, 5) is 31.4. The van der Waals surface area contributed by atoms with Gasteiger partial charge in [0.2, 0.25) is 5.91 Å². The molecule has 0 aromatic rings. The molecule has 0 aromatic heterocycles. The first-order valence-corrected chi connectivity index (χ1v) is 10.2. The predicted octanol–water partition coefficient (Wildman–Crippen LogP) is 1.87. The molecule has 2 aliphatic heterocycles. The van der Waals surface area contributed by atoms with Crippen LogP contribution >= 0.6 is 0 Å². The van der Waals surface area contributed by atoms with Gasteiger partial charge in [0, 0.05) is 51.1 Å². The Labute approximate surface area is 152 Å². The Bertz CT molecular complexity index is 466. The quantitative estimate of drug-likeness (QED) is 0.760. The molecule has 3 fully saturated rings. The van der Waals surface area contributed by atoms with Crippen LogP contribution in [0.1, 0.15) is 45.4 Å². The molecule has 1 atom stereocenters. The zero-order valence-corrected chi connectivity index (χ0v) is 16.1. The molecule has 3 aliphatic rings. The zero-order valence-electron chi connectivity index (χ0n) is 16.1. The number of amides is 1. The Balaban J connectivity index is 1.37. The molecule has 1 aliphatic carbocycles. The van der Waals surface area contributed by atoms with Crippen LogP contribution in [0.25, 0.3) is 0 Å². The van der Waals surface area contributed by atoms with Gasteiger partial charge in [0.15, 0.2) is 0 Å². The van der Waals surface area contributed by atoms with E-state index in [1.165, 1.54) is 45.6 Å². The van der Waals surface area contributed by atoms with E-state index in [1.54, 1.807) is 6.92 Å². The van der Waals surface area contributed by atoms with Crippen molar-refractivity contribution in [3.63, 3.8) is 0 Å². The molecule has 3 rings (SSSR count). The van der Waals surface area contributed by atoms with Gasteiger partial charge in [-0.25, -0.2) is 0 Å². The summed E-state index contributed by atoms with van der Waals surface area (Å²) in [6.07, 6.45) is 6.03. The van der Waals surface area contributed by atoms with Crippen LogP contribution < -0.4 is 0 Å². The number of nitrogens with zero attached hydrogens (tertiary/aromatic N) is 3. The number of piperazine rings is 1. The van der Waals surface area contributed by atoms with Gasteiger partial charge in [-0.1, -0.05) is 0 Å². The van der Waals surface area contributed by atoms with Crippen molar-refractivity contribution in [2.45, 2.75) is 45.4 Å². The summed E-state index contributed by atoms with van der Waals surface area (Å²) >= 11 is 0. The summed E-state index contributed by atoms with van der Waals surface area (Å²) < 4.78 is 0. The Morgan fingerprint density at radius 2 is 1.52 bits per heavy atom. The first-order chi connectivity index (χ1) is 12.0. The van der Waals surface area contributed by atoms with Crippen molar-refractivity contribution in [2.75, 3.05) is 52.9 Å². The minimum atomic E-state index is 0.173. The van der Waals surface area contributed by atoms with Crippen LogP contribution in [0.15, 0.2) is 0 Å². The first-order valence-electron chi connectivity index (χ1n) is 10.2. The van der Waals surface area contributed by atoms with Gasteiger partial charge in [-0.3, -0.25) is 9.59 Å².